The highest BCUT2D eigenvalue weighted by Crippen LogP contribution is 2.13. The Morgan fingerprint density at radius 1 is 1.05 bits per heavy atom. The van der Waals surface area contributed by atoms with E-state index in [0.717, 1.165) is 16.9 Å². The van der Waals surface area contributed by atoms with Crippen molar-refractivity contribution in [3.8, 4) is 5.75 Å². The number of nitrogens with zero attached hydrogens (tertiary/aromatic N) is 1. The van der Waals surface area contributed by atoms with Crippen molar-refractivity contribution >= 4 is 6.21 Å². The molecule has 2 aromatic carbocycles. The lowest BCUT2D eigenvalue weighted by Crippen LogP contribution is -2.04. The molecule has 0 saturated carbocycles. The predicted octanol–water partition coefficient (Wildman–Crippen LogP) is 3.38. The monoisotopic (exact) mass is 266 g/mol. The SMILES string of the molecule is C=CCNN=Cc1ccc(OCc2ccccc2)cc1. The summed E-state index contributed by atoms with van der Waals surface area (Å²) in [6, 6.07) is 17.9. The second-order valence-corrected chi connectivity index (χ2v) is 4.25. The minimum Gasteiger partial charge on any atom is -0.489 e. The van der Waals surface area contributed by atoms with Gasteiger partial charge in [0.05, 0.1) is 12.8 Å². The summed E-state index contributed by atoms with van der Waals surface area (Å²) in [5, 5.41) is 4.07. The first-order chi connectivity index (χ1) is 9.88. The van der Waals surface area contributed by atoms with E-state index < -0.39 is 0 Å². The summed E-state index contributed by atoms with van der Waals surface area (Å²) in [5.74, 6) is 0.852. The molecule has 0 aliphatic carbocycles. The van der Waals surface area contributed by atoms with Crippen LogP contribution in [-0.4, -0.2) is 12.8 Å². The summed E-state index contributed by atoms with van der Waals surface area (Å²) in [6.07, 6.45) is 3.53. The van der Waals surface area contributed by atoms with Crippen LogP contribution >= 0.6 is 0 Å². The fraction of sp³-hybridized carbons (Fsp3) is 0.118. The summed E-state index contributed by atoms with van der Waals surface area (Å²) in [4.78, 5) is 0. The lowest BCUT2D eigenvalue weighted by atomic mass is 10.2. The molecule has 3 heteroatoms. The van der Waals surface area contributed by atoms with Crippen molar-refractivity contribution in [3.63, 3.8) is 0 Å². The molecule has 0 bridgehead atoms. The normalized spacial score (nSPS) is 10.4. The lowest BCUT2D eigenvalue weighted by Gasteiger charge is -2.06. The standard InChI is InChI=1S/C17H18N2O/c1-2-12-18-19-13-15-8-10-17(11-9-15)20-14-16-6-4-3-5-7-16/h2-11,13,18H,1,12,14H2. The van der Waals surface area contributed by atoms with E-state index in [4.69, 9.17) is 4.74 Å². The molecule has 0 fully saturated rings. The fourth-order valence-electron chi connectivity index (χ4n) is 1.63. The van der Waals surface area contributed by atoms with Crippen LogP contribution in [0.1, 0.15) is 11.1 Å². The number of hydrogen-bond donors (Lipinski definition) is 1. The van der Waals surface area contributed by atoms with E-state index >= 15 is 0 Å². The van der Waals surface area contributed by atoms with Crippen LogP contribution in [0.4, 0.5) is 0 Å². The number of hydrazone groups is 1. The molecule has 3 nitrogen and oxygen atoms in total. The predicted molar refractivity (Wildman–Crippen MR) is 83.0 cm³/mol. The molecule has 0 saturated heterocycles. The van der Waals surface area contributed by atoms with E-state index in [1.165, 1.54) is 0 Å². The van der Waals surface area contributed by atoms with Crippen molar-refractivity contribution in [3.05, 3.63) is 78.4 Å². The molecule has 0 amide bonds. The Hall–Kier alpha value is -2.55. The zero-order chi connectivity index (χ0) is 14.0. The first-order valence-corrected chi connectivity index (χ1v) is 6.52. The van der Waals surface area contributed by atoms with Gasteiger partial charge in [0.25, 0.3) is 0 Å². The Bertz CT molecular complexity index is 547. The molecular formula is C17H18N2O. The van der Waals surface area contributed by atoms with Crippen molar-refractivity contribution in [1.82, 2.24) is 5.43 Å². The summed E-state index contributed by atoms with van der Waals surface area (Å²) in [7, 11) is 0. The molecular weight excluding hydrogens is 248 g/mol. The van der Waals surface area contributed by atoms with Gasteiger partial charge in [0.2, 0.25) is 0 Å². The Morgan fingerprint density at radius 3 is 2.50 bits per heavy atom. The van der Waals surface area contributed by atoms with Gasteiger partial charge in [-0.3, -0.25) is 0 Å². The van der Waals surface area contributed by atoms with E-state index in [1.807, 2.05) is 54.6 Å². The summed E-state index contributed by atoms with van der Waals surface area (Å²) < 4.78 is 5.72. The minimum atomic E-state index is 0.579. The highest BCUT2D eigenvalue weighted by Gasteiger charge is 1.95. The van der Waals surface area contributed by atoms with Gasteiger partial charge < -0.3 is 10.2 Å². The number of nitrogens with one attached hydrogen (secondary N) is 1. The van der Waals surface area contributed by atoms with Crippen LogP contribution in [0.15, 0.2) is 72.4 Å². The van der Waals surface area contributed by atoms with E-state index in [1.54, 1.807) is 12.3 Å². The second kappa shape index (κ2) is 7.79. The maximum absolute atomic E-state index is 5.72. The molecule has 0 aromatic heterocycles. The number of benzene rings is 2. The maximum atomic E-state index is 5.72. The van der Waals surface area contributed by atoms with Gasteiger partial charge in [-0.05, 0) is 35.4 Å². The molecule has 0 aliphatic heterocycles. The van der Waals surface area contributed by atoms with Crippen LogP contribution in [0.25, 0.3) is 0 Å². The average Bonchev–Trinajstić information content (AvgIpc) is 2.52. The molecule has 0 aliphatic rings. The molecule has 102 valence electrons. The molecule has 0 atom stereocenters. The van der Waals surface area contributed by atoms with Crippen molar-refractivity contribution < 1.29 is 4.74 Å². The van der Waals surface area contributed by atoms with Gasteiger partial charge in [-0.25, -0.2) is 0 Å². The van der Waals surface area contributed by atoms with E-state index in [-0.39, 0.29) is 0 Å². The molecule has 2 aromatic rings. The Morgan fingerprint density at radius 2 is 1.80 bits per heavy atom. The Labute approximate surface area is 119 Å². The van der Waals surface area contributed by atoms with Gasteiger partial charge in [0, 0.05) is 0 Å². The van der Waals surface area contributed by atoms with E-state index in [2.05, 4.69) is 17.1 Å². The van der Waals surface area contributed by atoms with E-state index in [9.17, 15) is 0 Å². The number of rotatable bonds is 7. The van der Waals surface area contributed by atoms with Gasteiger partial charge in [-0.15, -0.1) is 6.58 Å². The first kappa shape index (κ1) is 13.9. The van der Waals surface area contributed by atoms with Crippen molar-refractivity contribution in [1.29, 1.82) is 0 Å². The highest BCUT2D eigenvalue weighted by molar-refractivity contribution is 5.79. The van der Waals surface area contributed by atoms with Gasteiger partial charge in [0.1, 0.15) is 12.4 Å². The summed E-state index contributed by atoms with van der Waals surface area (Å²) in [6.45, 7) is 4.85. The van der Waals surface area contributed by atoms with Crippen molar-refractivity contribution in [2.24, 2.45) is 5.10 Å². The quantitative estimate of drug-likeness (QED) is 0.361. The summed E-state index contributed by atoms with van der Waals surface area (Å²) in [5.41, 5.74) is 5.05. The highest BCUT2D eigenvalue weighted by atomic mass is 16.5. The third-order valence-electron chi connectivity index (χ3n) is 2.67. The van der Waals surface area contributed by atoms with Gasteiger partial charge in [-0.2, -0.15) is 5.10 Å². The van der Waals surface area contributed by atoms with Gasteiger partial charge in [0.15, 0.2) is 0 Å². The average molecular weight is 266 g/mol. The molecule has 2 rings (SSSR count). The number of ether oxygens (including phenoxy) is 1. The largest absolute Gasteiger partial charge is 0.489 e. The van der Waals surface area contributed by atoms with Crippen LogP contribution in [-0.2, 0) is 6.61 Å². The third kappa shape index (κ3) is 4.61. The molecule has 20 heavy (non-hydrogen) atoms. The molecule has 0 unspecified atom stereocenters. The van der Waals surface area contributed by atoms with Crippen LogP contribution in [0, 0.1) is 0 Å². The Balaban J connectivity index is 1.85. The molecule has 0 radical (unpaired) electrons. The van der Waals surface area contributed by atoms with Crippen molar-refractivity contribution in [2.45, 2.75) is 6.61 Å². The molecule has 1 N–H and O–H groups in total. The van der Waals surface area contributed by atoms with Gasteiger partial charge >= 0.3 is 0 Å². The zero-order valence-electron chi connectivity index (χ0n) is 11.3. The van der Waals surface area contributed by atoms with Gasteiger partial charge in [-0.1, -0.05) is 36.4 Å². The second-order valence-electron chi connectivity index (χ2n) is 4.25. The number of hydrogen-bond acceptors (Lipinski definition) is 3. The zero-order valence-corrected chi connectivity index (χ0v) is 11.3. The van der Waals surface area contributed by atoms with E-state index in [0.29, 0.717) is 13.2 Å². The van der Waals surface area contributed by atoms with Crippen molar-refractivity contribution in [2.75, 3.05) is 6.54 Å². The maximum Gasteiger partial charge on any atom is 0.119 e. The minimum absolute atomic E-state index is 0.579. The first-order valence-electron chi connectivity index (χ1n) is 6.52. The lowest BCUT2D eigenvalue weighted by molar-refractivity contribution is 0.306. The molecule has 0 heterocycles. The summed E-state index contributed by atoms with van der Waals surface area (Å²) >= 11 is 0. The Kier molecular flexibility index (Phi) is 5.40. The van der Waals surface area contributed by atoms with Crippen LogP contribution < -0.4 is 10.2 Å². The molecule has 0 spiro atoms. The topological polar surface area (TPSA) is 33.6 Å². The van der Waals surface area contributed by atoms with Crippen LogP contribution in [0.2, 0.25) is 0 Å². The van der Waals surface area contributed by atoms with Crippen LogP contribution in [0.3, 0.4) is 0 Å². The smallest absolute Gasteiger partial charge is 0.119 e. The van der Waals surface area contributed by atoms with Crippen LogP contribution in [0.5, 0.6) is 5.75 Å². The third-order valence-corrected chi connectivity index (χ3v) is 2.67. The fourth-order valence-corrected chi connectivity index (χ4v) is 1.63.